The number of hydrogen-bond acceptors (Lipinski definition) is 6. The van der Waals surface area contributed by atoms with E-state index in [-0.39, 0.29) is 40.8 Å². The highest BCUT2D eigenvalue weighted by Crippen LogP contribution is 2.38. The number of aryl methyl sites for hydroxylation is 1. The van der Waals surface area contributed by atoms with Crippen LogP contribution < -0.4 is 4.74 Å². The zero-order valence-electron chi connectivity index (χ0n) is 20.8. The molecular weight excluding hydrogens is 501 g/mol. The molecule has 9 nitrogen and oxygen atoms in total. The number of rotatable bonds is 5. The number of hydrogen-bond donors (Lipinski definition) is 0. The van der Waals surface area contributed by atoms with Gasteiger partial charge in [0, 0.05) is 39.2 Å². The van der Waals surface area contributed by atoms with Gasteiger partial charge < -0.3 is 23.8 Å². The predicted molar refractivity (Wildman–Crippen MR) is 133 cm³/mol. The third-order valence-electron chi connectivity index (χ3n) is 6.57. The second kappa shape index (κ2) is 10.1. The number of carbonyl (C=O) groups is 2. The maximum absolute atomic E-state index is 15.3. The fraction of sp³-hybridized carbons (Fsp3) is 0.385. The molecule has 0 fully saturated rings. The molecule has 2 aromatic heterocycles. The van der Waals surface area contributed by atoms with Gasteiger partial charge in [-0.2, -0.15) is 0 Å². The number of nitrogens with zero attached hydrogens (tertiary/aromatic N) is 5. The number of benzene rings is 1. The number of ether oxygens (including phenoxy) is 2. The van der Waals surface area contributed by atoms with Crippen molar-refractivity contribution in [3.8, 4) is 5.75 Å². The number of imidazole rings is 1. The molecule has 4 heterocycles. The normalized spacial score (nSPS) is 16.7. The largest absolute Gasteiger partial charge is 0.481 e. The Hall–Kier alpha value is -3.50. The summed E-state index contributed by atoms with van der Waals surface area (Å²) in [5.41, 5.74) is 3.03. The van der Waals surface area contributed by atoms with Crippen LogP contribution in [-0.2, 0) is 29.1 Å². The first-order chi connectivity index (χ1) is 17.7. The van der Waals surface area contributed by atoms with Crippen LogP contribution in [0, 0.1) is 12.7 Å². The molecule has 1 atom stereocenters. The minimum Gasteiger partial charge on any atom is -0.481 e. The second-order valence-corrected chi connectivity index (χ2v) is 9.66. The minimum atomic E-state index is -0.659. The molecule has 0 bridgehead atoms. The van der Waals surface area contributed by atoms with Crippen LogP contribution in [0.15, 0.2) is 30.3 Å². The number of carbonyl (C=O) groups excluding carboxylic acids is 2. The molecule has 0 radical (unpaired) electrons. The van der Waals surface area contributed by atoms with E-state index >= 15 is 4.39 Å². The van der Waals surface area contributed by atoms with Gasteiger partial charge in [0.25, 0.3) is 11.8 Å². The van der Waals surface area contributed by atoms with E-state index in [2.05, 4.69) is 4.98 Å². The second-order valence-electron chi connectivity index (χ2n) is 9.30. The van der Waals surface area contributed by atoms with Crippen molar-refractivity contribution in [1.29, 1.82) is 0 Å². The Balaban J connectivity index is 1.44. The lowest BCUT2D eigenvalue weighted by molar-refractivity contribution is -0.135. The van der Waals surface area contributed by atoms with E-state index < -0.39 is 6.04 Å². The van der Waals surface area contributed by atoms with E-state index in [1.807, 2.05) is 17.6 Å². The maximum atomic E-state index is 15.3. The van der Waals surface area contributed by atoms with Crippen molar-refractivity contribution in [3.05, 3.63) is 75.3 Å². The molecule has 1 aromatic carbocycles. The standard InChI is InChI=1S/C26H27ClFN5O4/c1-15-4-5-16(17(28)12-15)23-24-18(29-21-13-36-11-10-32(21)24)8-9-33(23)22(34)14-37-20-7-6-19(30-25(20)27)26(35)31(2)3/h4-7,12,23H,8-11,13-14H2,1-3H3. The topological polar surface area (TPSA) is 89.8 Å². The monoisotopic (exact) mass is 527 g/mol. The first kappa shape index (κ1) is 25.2. The molecule has 3 aromatic rings. The predicted octanol–water partition coefficient (Wildman–Crippen LogP) is 3.16. The molecule has 0 spiro atoms. The van der Waals surface area contributed by atoms with Crippen LogP contribution in [0.4, 0.5) is 4.39 Å². The lowest BCUT2D eigenvalue weighted by Gasteiger charge is -2.37. The summed E-state index contributed by atoms with van der Waals surface area (Å²) in [5, 5.41) is -0.0209. The highest BCUT2D eigenvalue weighted by atomic mass is 35.5. The van der Waals surface area contributed by atoms with Gasteiger partial charge >= 0.3 is 0 Å². The summed E-state index contributed by atoms with van der Waals surface area (Å²) in [7, 11) is 3.23. The summed E-state index contributed by atoms with van der Waals surface area (Å²) in [6.45, 7) is 3.33. The molecule has 37 heavy (non-hydrogen) atoms. The fourth-order valence-corrected chi connectivity index (χ4v) is 4.99. The van der Waals surface area contributed by atoms with Crippen molar-refractivity contribution in [2.75, 3.05) is 33.9 Å². The Bertz CT molecular complexity index is 1380. The first-order valence-corrected chi connectivity index (χ1v) is 12.3. The molecule has 11 heteroatoms. The zero-order chi connectivity index (χ0) is 26.3. The minimum absolute atomic E-state index is 0.0209. The third-order valence-corrected chi connectivity index (χ3v) is 6.85. The van der Waals surface area contributed by atoms with Crippen molar-refractivity contribution in [3.63, 3.8) is 0 Å². The van der Waals surface area contributed by atoms with E-state index in [9.17, 15) is 9.59 Å². The van der Waals surface area contributed by atoms with Gasteiger partial charge in [-0.1, -0.05) is 23.7 Å². The van der Waals surface area contributed by atoms with E-state index in [0.717, 1.165) is 22.8 Å². The fourth-order valence-electron chi connectivity index (χ4n) is 4.78. The van der Waals surface area contributed by atoms with Crippen LogP contribution in [0.25, 0.3) is 0 Å². The Labute approximate surface area is 218 Å². The Morgan fingerprint density at radius 2 is 2.03 bits per heavy atom. The summed E-state index contributed by atoms with van der Waals surface area (Å²) in [6, 6.07) is 7.39. The zero-order valence-corrected chi connectivity index (χ0v) is 21.6. The van der Waals surface area contributed by atoms with Crippen molar-refractivity contribution in [2.45, 2.75) is 32.5 Å². The summed E-state index contributed by atoms with van der Waals surface area (Å²) in [6.07, 6.45) is 0.536. The Morgan fingerprint density at radius 3 is 2.76 bits per heavy atom. The molecule has 0 saturated heterocycles. The van der Waals surface area contributed by atoms with Gasteiger partial charge in [-0.25, -0.2) is 14.4 Å². The van der Waals surface area contributed by atoms with Crippen molar-refractivity contribution in [1.82, 2.24) is 24.3 Å². The van der Waals surface area contributed by atoms with Crippen LogP contribution in [0.1, 0.15) is 44.9 Å². The smallest absolute Gasteiger partial charge is 0.271 e. The van der Waals surface area contributed by atoms with Crippen LogP contribution in [0.3, 0.4) is 0 Å². The SMILES string of the molecule is Cc1ccc(C2c3c(nc4n3CCOC4)CCN2C(=O)COc2ccc(C(=O)N(C)C)nc2Cl)c(F)c1. The Morgan fingerprint density at radius 1 is 1.22 bits per heavy atom. The number of aromatic nitrogens is 3. The quantitative estimate of drug-likeness (QED) is 0.474. The molecule has 194 valence electrons. The first-order valence-electron chi connectivity index (χ1n) is 12.0. The van der Waals surface area contributed by atoms with Gasteiger partial charge in [0.05, 0.1) is 18.0 Å². The van der Waals surface area contributed by atoms with Gasteiger partial charge in [0.15, 0.2) is 17.5 Å². The third kappa shape index (κ3) is 4.78. The van der Waals surface area contributed by atoms with Crippen LogP contribution in [-0.4, -0.2) is 70.0 Å². The summed E-state index contributed by atoms with van der Waals surface area (Å²) < 4.78 is 28.6. The maximum Gasteiger partial charge on any atom is 0.271 e. The van der Waals surface area contributed by atoms with Gasteiger partial charge in [-0.15, -0.1) is 0 Å². The number of fused-ring (bicyclic) bond motifs is 3. The number of halogens is 2. The molecule has 0 aliphatic carbocycles. The van der Waals surface area contributed by atoms with Crippen molar-refractivity contribution < 1.29 is 23.5 Å². The van der Waals surface area contributed by atoms with Crippen LogP contribution in [0.2, 0.25) is 5.15 Å². The van der Waals surface area contributed by atoms with Gasteiger partial charge in [-0.3, -0.25) is 9.59 Å². The summed E-state index contributed by atoms with van der Waals surface area (Å²) in [5.74, 6) is -0.0500. The van der Waals surface area contributed by atoms with Gasteiger partial charge in [-0.05, 0) is 30.7 Å². The van der Waals surface area contributed by atoms with E-state index in [1.165, 1.54) is 23.1 Å². The molecular formula is C26H27ClFN5O4. The number of pyridine rings is 1. The molecule has 2 aliphatic rings. The molecule has 0 N–H and O–H groups in total. The highest BCUT2D eigenvalue weighted by molar-refractivity contribution is 6.31. The van der Waals surface area contributed by atoms with Crippen molar-refractivity contribution >= 4 is 23.4 Å². The lowest BCUT2D eigenvalue weighted by Crippen LogP contribution is -2.44. The summed E-state index contributed by atoms with van der Waals surface area (Å²) in [4.78, 5) is 37.5. The molecule has 1 unspecified atom stereocenters. The number of amides is 2. The molecule has 0 saturated carbocycles. The van der Waals surface area contributed by atoms with E-state index in [0.29, 0.717) is 38.3 Å². The average molecular weight is 528 g/mol. The Kier molecular flexibility index (Phi) is 6.87. The van der Waals surface area contributed by atoms with Gasteiger partial charge in [0.1, 0.15) is 30.0 Å². The summed E-state index contributed by atoms with van der Waals surface area (Å²) >= 11 is 6.23. The van der Waals surface area contributed by atoms with Crippen LogP contribution >= 0.6 is 11.6 Å². The van der Waals surface area contributed by atoms with Crippen LogP contribution in [0.5, 0.6) is 5.75 Å². The molecule has 2 aliphatic heterocycles. The van der Waals surface area contributed by atoms with E-state index in [1.54, 1.807) is 25.1 Å². The molecule has 5 rings (SSSR count). The highest BCUT2D eigenvalue weighted by Gasteiger charge is 2.38. The average Bonchev–Trinajstić information content (AvgIpc) is 3.26. The lowest BCUT2D eigenvalue weighted by atomic mass is 9.94. The molecule has 2 amide bonds. The van der Waals surface area contributed by atoms with E-state index in [4.69, 9.17) is 26.1 Å². The van der Waals surface area contributed by atoms with Crippen molar-refractivity contribution in [2.24, 2.45) is 0 Å². The van der Waals surface area contributed by atoms with Gasteiger partial charge in [0.2, 0.25) is 0 Å².